The number of halogens is 1. The number of hydrogen-bond acceptors (Lipinski definition) is 3. The van der Waals surface area contributed by atoms with Gasteiger partial charge in [-0.2, -0.15) is 11.8 Å². The highest BCUT2D eigenvalue weighted by Crippen LogP contribution is 2.30. The lowest BCUT2D eigenvalue weighted by Crippen LogP contribution is -2.25. The van der Waals surface area contributed by atoms with Crippen molar-refractivity contribution >= 4 is 33.4 Å². The number of anilines is 1. The van der Waals surface area contributed by atoms with Crippen molar-refractivity contribution in [2.75, 3.05) is 29.5 Å². The van der Waals surface area contributed by atoms with E-state index in [1.165, 1.54) is 23.6 Å². The molecule has 0 saturated carbocycles. The summed E-state index contributed by atoms with van der Waals surface area (Å²) in [6.07, 6.45) is 0.843. The minimum atomic E-state index is -0.403. The molecule has 1 heterocycles. The standard InChI is InChI=1S/C13H18BrNOS/c1-10(16)11-3-4-13(12(14)9-11)15-5-2-7-17-8-6-15/h3-4,9-10,16H,2,5-8H2,1H3. The van der Waals surface area contributed by atoms with E-state index in [1.54, 1.807) is 6.92 Å². The van der Waals surface area contributed by atoms with Gasteiger partial charge in [-0.15, -0.1) is 0 Å². The zero-order valence-electron chi connectivity index (χ0n) is 10.0. The Balaban J connectivity index is 2.19. The Hall–Kier alpha value is -0.190. The molecule has 1 aromatic rings. The Morgan fingerprint density at radius 3 is 2.88 bits per heavy atom. The van der Waals surface area contributed by atoms with E-state index in [-0.39, 0.29) is 0 Å². The van der Waals surface area contributed by atoms with E-state index in [4.69, 9.17) is 0 Å². The summed E-state index contributed by atoms with van der Waals surface area (Å²) < 4.78 is 1.09. The van der Waals surface area contributed by atoms with Gasteiger partial charge < -0.3 is 10.0 Å². The Morgan fingerprint density at radius 2 is 2.18 bits per heavy atom. The van der Waals surface area contributed by atoms with Crippen LogP contribution in [0.25, 0.3) is 0 Å². The third-order valence-electron chi connectivity index (χ3n) is 3.02. The van der Waals surface area contributed by atoms with Crippen LogP contribution in [0, 0.1) is 0 Å². The van der Waals surface area contributed by atoms with E-state index in [1.807, 2.05) is 23.9 Å². The summed E-state index contributed by atoms with van der Waals surface area (Å²) in [4.78, 5) is 2.43. The molecular weight excluding hydrogens is 298 g/mol. The van der Waals surface area contributed by atoms with Crippen LogP contribution in [0.2, 0.25) is 0 Å². The molecule has 1 aromatic carbocycles. The molecule has 4 heteroatoms. The highest BCUT2D eigenvalue weighted by atomic mass is 79.9. The summed E-state index contributed by atoms with van der Waals surface area (Å²) in [5.74, 6) is 2.46. The van der Waals surface area contributed by atoms with Crippen LogP contribution in [0.3, 0.4) is 0 Å². The Morgan fingerprint density at radius 1 is 1.35 bits per heavy atom. The predicted octanol–water partition coefficient (Wildman–Crippen LogP) is 3.45. The first-order chi connectivity index (χ1) is 8.18. The fraction of sp³-hybridized carbons (Fsp3) is 0.538. The van der Waals surface area contributed by atoms with E-state index < -0.39 is 6.10 Å². The average molecular weight is 316 g/mol. The summed E-state index contributed by atoms with van der Waals surface area (Å²) in [6.45, 7) is 4.03. The van der Waals surface area contributed by atoms with Crippen LogP contribution < -0.4 is 4.90 Å². The summed E-state index contributed by atoms with van der Waals surface area (Å²) in [7, 11) is 0. The third-order valence-corrected chi connectivity index (χ3v) is 4.70. The number of hydrogen-bond donors (Lipinski definition) is 1. The highest BCUT2D eigenvalue weighted by Gasteiger charge is 2.13. The molecule has 0 aliphatic carbocycles. The van der Waals surface area contributed by atoms with Crippen LogP contribution in [0.15, 0.2) is 22.7 Å². The fourth-order valence-electron chi connectivity index (χ4n) is 2.03. The van der Waals surface area contributed by atoms with Crippen LogP contribution >= 0.6 is 27.7 Å². The average Bonchev–Trinajstić information content (AvgIpc) is 2.57. The second kappa shape index (κ2) is 6.12. The van der Waals surface area contributed by atoms with Gasteiger partial charge in [-0.25, -0.2) is 0 Å². The van der Waals surface area contributed by atoms with Crippen LogP contribution in [0.1, 0.15) is 25.0 Å². The van der Waals surface area contributed by atoms with Gasteiger partial charge in [-0.05, 0) is 52.7 Å². The summed E-state index contributed by atoms with van der Waals surface area (Å²) in [5.41, 5.74) is 2.21. The van der Waals surface area contributed by atoms with Gasteiger partial charge in [0.25, 0.3) is 0 Å². The minimum absolute atomic E-state index is 0.403. The van der Waals surface area contributed by atoms with E-state index in [0.29, 0.717) is 0 Å². The van der Waals surface area contributed by atoms with Crippen LogP contribution in [0.4, 0.5) is 5.69 Å². The lowest BCUT2D eigenvalue weighted by molar-refractivity contribution is 0.199. The van der Waals surface area contributed by atoms with Gasteiger partial charge in [0.2, 0.25) is 0 Å². The zero-order valence-corrected chi connectivity index (χ0v) is 12.4. The molecule has 0 amide bonds. The van der Waals surface area contributed by atoms with E-state index in [0.717, 1.165) is 23.1 Å². The molecule has 1 aliphatic heterocycles. The monoisotopic (exact) mass is 315 g/mol. The van der Waals surface area contributed by atoms with Gasteiger partial charge in [0.05, 0.1) is 11.8 Å². The van der Waals surface area contributed by atoms with Gasteiger partial charge in [0, 0.05) is 23.3 Å². The molecule has 0 spiro atoms. The first-order valence-corrected chi connectivity index (χ1v) is 7.93. The molecule has 2 nitrogen and oxygen atoms in total. The molecular formula is C13H18BrNOS. The van der Waals surface area contributed by atoms with E-state index in [9.17, 15) is 5.11 Å². The SMILES string of the molecule is CC(O)c1ccc(N2CCCSCC2)c(Br)c1. The Labute approximate surface area is 116 Å². The van der Waals surface area contributed by atoms with Crippen molar-refractivity contribution in [3.05, 3.63) is 28.2 Å². The topological polar surface area (TPSA) is 23.5 Å². The van der Waals surface area contributed by atoms with Crippen molar-refractivity contribution in [1.82, 2.24) is 0 Å². The maximum Gasteiger partial charge on any atom is 0.0762 e. The summed E-state index contributed by atoms with van der Waals surface area (Å²) >= 11 is 5.65. The van der Waals surface area contributed by atoms with Crippen molar-refractivity contribution in [3.8, 4) is 0 Å². The van der Waals surface area contributed by atoms with Gasteiger partial charge in [-0.1, -0.05) is 6.07 Å². The van der Waals surface area contributed by atoms with E-state index >= 15 is 0 Å². The molecule has 0 radical (unpaired) electrons. The van der Waals surface area contributed by atoms with Crippen molar-refractivity contribution in [2.24, 2.45) is 0 Å². The summed E-state index contributed by atoms with van der Waals surface area (Å²) in [5, 5.41) is 9.56. The molecule has 1 atom stereocenters. The molecule has 2 rings (SSSR count). The maximum absolute atomic E-state index is 9.56. The second-order valence-electron chi connectivity index (χ2n) is 4.34. The molecule has 0 bridgehead atoms. The maximum atomic E-state index is 9.56. The summed E-state index contributed by atoms with van der Waals surface area (Å²) in [6, 6.07) is 6.16. The van der Waals surface area contributed by atoms with E-state index in [2.05, 4.69) is 26.9 Å². The van der Waals surface area contributed by atoms with Gasteiger partial charge in [-0.3, -0.25) is 0 Å². The first kappa shape index (κ1) is 13.2. The molecule has 0 aromatic heterocycles. The second-order valence-corrected chi connectivity index (χ2v) is 6.42. The first-order valence-electron chi connectivity index (χ1n) is 5.98. The predicted molar refractivity (Wildman–Crippen MR) is 78.9 cm³/mol. The van der Waals surface area contributed by atoms with Gasteiger partial charge in [0.1, 0.15) is 0 Å². The molecule has 1 saturated heterocycles. The third kappa shape index (κ3) is 3.39. The number of aliphatic hydroxyl groups is 1. The molecule has 1 fully saturated rings. The van der Waals surface area contributed by atoms with Crippen molar-refractivity contribution in [3.63, 3.8) is 0 Å². The molecule has 1 N–H and O–H groups in total. The number of aliphatic hydroxyl groups excluding tert-OH is 1. The molecule has 17 heavy (non-hydrogen) atoms. The van der Waals surface area contributed by atoms with Crippen LogP contribution in [-0.4, -0.2) is 29.7 Å². The fourth-order valence-corrected chi connectivity index (χ4v) is 3.56. The normalized spacial score (nSPS) is 18.9. The molecule has 94 valence electrons. The quantitative estimate of drug-likeness (QED) is 0.904. The molecule has 1 aliphatic rings. The van der Waals surface area contributed by atoms with Gasteiger partial charge in [0.15, 0.2) is 0 Å². The van der Waals surface area contributed by atoms with Crippen molar-refractivity contribution in [1.29, 1.82) is 0 Å². The number of nitrogens with zero attached hydrogens (tertiary/aromatic N) is 1. The van der Waals surface area contributed by atoms with Gasteiger partial charge >= 0.3 is 0 Å². The Bertz CT molecular complexity index is 376. The smallest absolute Gasteiger partial charge is 0.0762 e. The molecule has 1 unspecified atom stereocenters. The van der Waals surface area contributed by atoms with Crippen molar-refractivity contribution in [2.45, 2.75) is 19.4 Å². The minimum Gasteiger partial charge on any atom is -0.389 e. The van der Waals surface area contributed by atoms with Crippen LogP contribution in [0.5, 0.6) is 0 Å². The lowest BCUT2D eigenvalue weighted by atomic mass is 10.1. The number of rotatable bonds is 2. The number of thioether (sulfide) groups is 1. The zero-order chi connectivity index (χ0) is 12.3. The lowest BCUT2D eigenvalue weighted by Gasteiger charge is -2.24. The van der Waals surface area contributed by atoms with Crippen LogP contribution in [-0.2, 0) is 0 Å². The Kier molecular flexibility index (Phi) is 4.77. The largest absolute Gasteiger partial charge is 0.389 e. The number of benzene rings is 1. The highest BCUT2D eigenvalue weighted by molar-refractivity contribution is 9.10. The van der Waals surface area contributed by atoms with Crippen molar-refractivity contribution < 1.29 is 5.11 Å².